The minimum absolute atomic E-state index is 0.160. The van der Waals surface area contributed by atoms with Gasteiger partial charge < -0.3 is 19.4 Å². The van der Waals surface area contributed by atoms with Crippen molar-refractivity contribution in [2.45, 2.75) is 31.1 Å². The summed E-state index contributed by atoms with van der Waals surface area (Å²) in [4.78, 5) is 19.5. The minimum atomic E-state index is -2.72. The van der Waals surface area contributed by atoms with E-state index in [1.54, 1.807) is 7.11 Å². The number of aromatic nitrogens is 4. The van der Waals surface area contributed by atoms with Crippen LogP contribution < -0.4 is 9.64 Å². The number of nitrogens with one attached hydrogen (secondary N) is 2. The van der Waals surface area contributed by atoms with Gasteiger partial charge >= 0.3 is 0 Å². The molecule has 31 heavy (non-hydrogen) atoms. The molecule has 10 heteroatoms. The highest BCUT2D eigenvalue weighted by Crippen LogP contribution is 2.37. The first-order valence-electron chi connectivity index (χ1n) is 10.5. The van der Waals surface area contributed by atoms with E-state index in [2.05, 4.69) is 21.8 Å². The number of H-pyrrole nitrogens is 1. The Morgan fingerprint density at radius 1 is 1.32 bits per heavy atom. The summed E-state index contributed by atoms with van der Waals surface area (Å²) in [5.41, 5.74) is 2.16. The van der Waals surface area contributed by atoms with Crippen molar-refractivity contribution in [1.82, 2.24) is 19.9 Å². The summed E-state index contributed by atoms with van der Waals surface area (Å²) in [6.07, 6.45) is 3.31. The van der Waals surface area contributed by atoms with Gasteiger partial charge in [-0.05, 0) is 25.8 Å². The quantitative estimate of drug-likeness (QED) is 0.637. The van der Waals surface area contributed by atoms with Gasteiger partial charge in [0.15, 0.2) is 5.82 Å². The second-order valence-electron chi connectivity index (χ2n) is 8.11. The van der Waals surface area contributed by atoms with Gasteiger partial charge in [0.25, 0.3) is 0 Å². The van der Waals surface area contributed by atoms with Gasteiger partial charge in [-0.1, -0.05) is 0 Å². The molecule has 2 aliphatic heterocycles. The average molecular weight is 443 g/mol. The van der Waals surface area contributed by atoms with Crippen LogP contribution in [0.25, 0.3) is 22.4 Å². The zero-order valence-corrected chi connectivity index (χ0v) is 18.4. The van der Waals surface area contributed by atoms with Crippen LogP contribution in [0.2, 0.25) is 0 Å². The lowest BCUT2D eigenvalue weighted by Gasteiger charge is -2.34. The van der Waals surface area contributed by atoms with E-state index >= 15 is 0 Å². The normalized spacial score (nSPS) is 26.5. The molecule has 0 spiro atoms. The van der Waals surface area contributed by atoms with E-state index in [0.717, 1.165) is 29.7 Å². The Hall–Kier alpha value is -2.72. The maximum atomic E-state index is 12.9. The van der Waals surface area contributed by atoms with Crippen LogP contribution in [0.15, 0.2) is 24.4 Å². The fourth-order valence-corrected chi connectivity index (χ4v) is 6.35. The lowest BCUT2D eigenvalue weighted by Crippen LogP contribution is -2.44. The fourth-order valence-electron chi connectivity index (χ4n) is 4.42. The van der Waals surface area contributed by atoms with Crippen LogP contribution in [0, 0.1) is 4.78 Å². The van der Waals surface area contributed by atoms with Gasteiger partial charge in [-0.25, -0.2) is 14.2 Å². The lowest BCUT2D eigenvalue weighted by molar-refractivity contribution is 0.0985. The molecule has 0 aliphatic carbocycles. The largest absolute Gasteiger partial charge is 0.481 e. The number of nitrogens with zero attached hydrogens (tertiary/aromatic N) is 4. The predicted molar refractivity (Wildman–Crippen MR) is 119 cm³/mol. The first-order chi connectivity index (χ1) is 15.0. The first-order valence-corrected chi connectivity index (χ1v) is 12.3. The maximum Gasteiger partial charge on any atom is 0.215 e. The van der Waals surface area contributed by atoms with Gasteiger partial charge in [-0.3, -0.25) is 4.78 Å². The van der Waals surface area contributed by atoms with Gasteiger partial charge in [-0.15, -0.1) is 0 Å². The number of aromatic amines is 1. The van der Waals surface area contributed by atoms with E-state index in [9.17, 15) is 4.21 Å². The van der Waals surface area contributed by atoms with Crippen molar-refractivity contribution in [2.24, 2.45) is 0 Å². The Kier molecular flexibility index (Phi) is 5.05. The topological polar surface area (TPSA) is 117 Å². The maximum absolute atomic E-state index is 12.9. The van der Waals surface area contributed by atoms with E-state index < -0.39 is 9.73 Å². The van der Waals surface area contributed by atoms with E-state index in [1.165, 1.54) is 0 Å². The molecule has 5 heterocycles. The summed E-state index contributed by atoms with van der Waals surface area (Å²) < 4.78 is 32.3. The second-order valence-corrected chi connectivity index (χ2v) is 10.5. The predicted octanol–water partition coefficient (Wildman–Crippen LogP) is 3.14. The van der Waals surface area contributed by atoms with Crippen molar-refractivity contribution in [3.05, 3.63) is 30.1 Å². The highest BCUT2D eigenvalue weighted by molar-refractivity contribution is 7.92. The minimum Gasteiger partial charge on any atom is -0.481 e. The molecule has 2 N–H and O–H groups in total. The first kappa shape index (κ1) is 20.2. The number of fused-ring (bicyclic) bond motifs is 1. The molecular formula is C21H26N6O3S. The van der Waals surface area contributed by atoms with Crippen LogP contribution in [-0.4, -0.2) is 62.8 Å². The molecule has 164 valence electrons. The summed E-state index contributed by atoms with van der Waals surface area (Å²) in [6.45, 7) is 4.07. The molecule has 2 aliphatic rings. The van der Waals surface area contributed by atoms with Crippen molar-refractivity contribution >= 4 is 26.6 Å². The monoisotopic (exact) mass is 442 g/mol. The molecule has 1 unspecified atom stereocenters. The second kappa shape index (κ2) is 7.76. The van der Waals surface area contributed by atoms with E-state index in [1.807, 2.05) is 24.4 Å². The molecule has 2 saturated heterocycles. The summed E-state index contributed by atoms with van der Waals surface area (Å²) in [5.74, 6) is 2.19. The van der Waals surface area contributed by atoms with Crippen molar-refractivity contribution in [1.29, 1.82) is 4.78 Å². The molecule has 3 aromatic rings. The number of rotatable bonds is 4. The number of hydrogen-bond acceptors (Lipinski definition) is 8. The third kappa shape index (κ3) is 3.63. The summed E-state index contributed by atoms with van der Waals surface area (Å²) in [5, 5.41) is 0.506. The average Bonchev–Trinajstić information content (AvgIpc) is 3.38. The van der Waals surface area contributed by atoms with Crippen molar-refractivity contribution in [2.75, 3.05) is 37.5 Å². The Balaban J connectivity index is 1.71. The molecule has 0 saturated carbocycles. The molecule has 3 atom stereocenters. The highest BCUT2D eigenvalue weighted by atomic mass is 32.2. The molecule has 0 radical (unpaired) electrons. The Morgan fingerprint density at radius 3 is 2.94 bits per heavy atom. The number of anilines is 1. The van der Waals surface area contributed by atoms with Crippen molar-refractivity contribution in [3.8, 4) is 17.3 Å². The molecule has 0 bridgehead atoms. The zero-order chi connectivity index (χ0) is 21.6. The van der Waals surface area contributed by atoms with Gasteiger partial charge in [0.1, 0.15) is 11.5 Å². The molecule has 3 aromatic heterocycles. The van der Waals surface area contributed by atoms with Gasteiger partial charge in [-0.2, -0.15) is 4.98 Å². The van der Waals surface area contributed by atoms with Crippen LogP contribution in [-0.2, 0) is 14.5 Å². The molecular weight excluding hydrogens is 416 g/mol. The standard InChI is InChI=1S/C21H26N6O3S/c1-13-12-30-8-7-27(13)18-11-16(17-4-3-9-31(17,22)28)24-21(25-18)15-10-19(29-2)26-20-14(15)5-6-23-20/h5-6,10-11,13,17,22H,3-4,7-9,12H2,1-2H3,(H,23,26)/t13-,17-,31?/m1/s1. The number of methoxy groups -OCH3 is 1. The Labute approximate surface area is 181 Å². The third-order valence-electron chi connectivity index (χ3n) is 6.05. The van der Waals surface area contributed by atoms with Crippen molar-refractivity contribution < 1.29 is 13.7 Å². The number of pyridine rings is 1. The van der Waals surface area contributed by atoms with E-state index in [4.69, 9.17) is 24.2 Å². The highest BCUT2D eigenvalue weighted by Gasteiger charge is 2.32. The van der Waals surface area contributed by atoms with Crippen LogP contribution in [0.3, 0.4) is 0 Å². The number of hydrogen-bond donors (Lipinski definition) is 2. The van der Waals surface area contributed by atoms with Crippen LogP contribution in [0.5, 0.6) is 5.88 Å². The van der Waals surface area contributed by atoms with E-state index in [-0.39, 0.29) is 11.3 Å². The third-order valence-corrected chi connectivity index (χ3v) is 8.34. The summed E-state index contributed by atoms with van der Waals surface area (Å²) >= 11 is 0. The van der Waals surface area contributed by atoms with Crippen LogP contribution in [0.4, 0.5) is 5.82 Å². The molecule has 9 nitrogen and oxygen atoms in total. The number of morpholine rings is 1. The van der Waals surface area contributed by atoms with Gasteiger partial charge in [0.2, 0.25) is 5.88 Å². The van der Waals surface area contributed by atoms with E-state index in [0.29, 0.717) is 48.4 Å². The smallest absolute Gasteiger partial charge is 0.215 e. The van der Waals surface area contributed by atoms with Gasteiger partial charge in [0, 0.05) is 41.6 Å². The van der Waals surface area contributed by atoms with Crippen LogP contribution in [0.1, 0.15) is 30.7 Å². The SMILES string of the molecule is COc1cc(-c2nc([C@H]3CCCS3(=N)=O)cc(N3CCOC[C@H]3C)n2)c2cc[nH]c2n1. The fraction of sp³-hybridized carbons (Fsp3) is 0.476. The molecule has 2 fully saturated rings. The van der Waals surface area contributed by atoms with Gasteiger partial charge in [0.05, 0.1) is 47.0 Å². The Morgan fingerprint density at radius 2 is 2.19 bits per heavy atom. The zero-order valence-electron chi connectivity index (χ0n) is 17.6. The molecule has 5 rings (SSSR count). The Bertz CT molecular complexity index is 1230. The lowest BCUT2D eigenvalue weighted by atomic mass is 10.1. The number of ether oxygens (including phenoxy) is 2. The van der Waals surface area contributed by atoms with Crippen LogP contribution >= 0.6 is 0 Å². The summed E-state index contributed by atoms with van der Waals surface area (Å²) in [6, 6.07) is 5.84. The summed E-state index contributed by atoms with van der Waals surface area (Å²) in [7, 11) is -1.15. The molecule has 0 aromatic carbocycles. The van der Waals surface area contributed by atoms with Crippen molar-refractivity contribution in [3.63, 3.8) is 0 Å². The molecule has 0 amide bonds.